The molecule has 39 atom stereocenters. The summed E-state index contributed by atoms with van der Waals surface area (Å²) in [5.74, 6) is 21.2. The van der Waals surface area contributed by atoms with Gasteiger partial charge in [-0.05, 0) is 477 Å². The fraction of sp³-hybridized carbons (Fsp3) is 0.921. The molecule has 0 amide bonds. The Morgan fingerprint density at radius 3 is 1.07 bits per heavy atom. The fourth-order valence-corrected chi connectivity index (χ4v) is 39.0. The Bertz CT molecular complexity index is 3600. The summed E-state index contributed by atoms with van der Waals surface area (Å²) in [6, 6.07) is 0. The molecule has 19 fully saturated rings. The molecule has 3 N–H and O–H groups in total. The van der Waals surface area contributed by atoms with E-state index in [-0.39, 0.29) is 74.2 Å². The summed E-state index contributed by atoms with van der Waals surface area (Å²) in [7, 11) is 0. The maximum Gasteiger partial charge on any atom is 0.133 e. The van der Waals surface area contributed by atoms with E-state index >= 15 is 0 Å². The number of aliphatic hydroxyl groups is 3. The molecule has 0 aromatic rings. The van der Waals surface area contributed by atoms with Gasteiger partial charge in [0.2, 0.25) is 0 Å². The van der Waals surface area contributed by atoms with E-state index in [4.69, 9.17) is 9.84 Å². The van der Waals surface area contributed by atoms with Gasteiger partial charge in [-0.2, -0.15) is 0 Å². The number of epoxide rings is 1. The minimum absolute atomic E-state index is 0. The standard InChI is InChI=1S/C22H36O.C21H32O2.C21H34O2.C21H32O2.C21H32O.C2H6O.6CH4/c1-14-9-11-21(3)16(13-14)5-6-17-19-8-7-18(15(2)23)22(19,4)12-10-20(17)21;1-12(22)15-6-7-16-14-5-4-13-10-18-19(23-18)11-21(13,3)17(14)8-9-20(15,16)2;2*1-13(22)17-6-7-18-16-5-4-14-12-15(23)8-10-20(14,2)19(16)9-11-21(17,18)3;1-14(22)17-9-10-18-16-8-7-15-6-4-5-12-20(15,2)19(16)11-13-21(17,18)3;1-2-3;;;;;;/h14,16-20H,5-13H2,1-4H3;13-19H,4-11H2,1-3H3;14-19,23H,4-12H2,1-3H3;4,15-19,23H,5-12H2,1-3H3;4-5,15-19H,6-13H2,1-3H3;3H,2H2,1H3;6*1H4/t14-,16-,17-,18+,19-,20-,21-,22+;13-,14-,15+,16-,17-,18-,19+,20+,21-;14-,15-,16-,17+,18-,19-,20-,21+;15-,16-,17+,18-,19-,20-,21+;15-,16+,17-,18+,19+,20+,21-;;;;;;;/m00001......./s1. The Labute approximate surface area is 757 Å². The minimum atomic E-state index is -0.117. The zero-order valence-corrected chi connectivity index (χ0v) is 77.7. The van der Waals surface area contributed by atoms with Gasteiger partial charge in [-0.25, -0.2) is 0 Å². The third-order valence-electron chi connectivity index (χ3n) is 45.2. The van der Waals surface area contributed by atoms with E-state index in [0.717, 1.165) is 170 Å². The topological polar surface area (TPSA) is 159 Å². The molecule has 21 rings (SSSR count). The van der Waals surface area contributed by atoms with Gasteiger partial charge >= 0.3 is 0 Å². The van der Waals surface area contributed by atoms with Crippen LogP contribution in [0.5, 0.6) is 0 Å². The van der Waals surface area contributed by atoms with Crippen molar-refractivity contribution in [3.8, 4) is 0 Å². The van der Waals surface area contributed by atoms with Crippen molar-refractivity contribution in [2.45, 2.75) is 456 Å². The zero-order valence-electron chi connectivity index (χ0n) is 77.7. The molecule has 20 aliphatic carbocycles. The summed E-state index contributed by atoms with van der Waals surface area (Å²) in [6.07, 6.45) is 62.3. The monoisotopic (exact) mass is 1710 g/mol. The Balaban J connectivity index is 0.000000158. The van der Waals surface area contributed by atoms with E-state index in [9.17, 15) is 34.2 Å². The van der Waals surface area contributed by atoms with E-state index < -0.39 is 0 Å². The first-order valence-corrected chi connectivity index (χ1v) is 50.9. The first-order chi connectivity index (χ1) is 55.4. The average molecular weight is 1710 g/mol. The number of rotatable bonds is 5. The van der Waals surface area contributed by atoms with Crippen LogP contribution in [-0.2, 0) is 28.7 Å². The minimum Gasteiger partial charge on any atom is -0.397 e. The third-order valence-corrected chi connectivity index (χ3v) is 45.2. The summed E-state index contributed by atoms with van der Waals surface area (Å²) < 4.78 is 5.92. The highest BCUT2D eigenvalue weighted by molar-refractivity contribution is 5.81. The Kier molecular flexibility index (Phi) is 32.0. The predicted molar refractivity (Wildman–Crippen MR) is 512 cm³/mol. The molecule has 0 aromatic heterocycles. The SMILES string of the molecule is C.C.C.C.C.C.CC(=O)[C@H]1CC[C@H]2[C@@H]3CC=C4C[C@@H](O)CC[C@]4(C)[C@H]3CC[C@]12C.CC(=O)[C@H]1CC[C@H]2[C@@H]3CC[C@H]4CC=CC[C@]4(C)[C@H]3CC[C@]12C.CC(=O)[C@H]1CC[C@H]2[C@@H]3CC[C@H]4C[C@@H](C)CC[C@]4(C)[C@H]3CC[C@]12C.CC(=O)[C@H]1CC[C@H]2[C@@H]3CC[C@H]4C[C@@H](O)CC[C@]4(C)[C@H]3CC[C@]12C.CC(=O)[C@H]1CC[C@H]2[C@@H]3CC[C@H]4C[C@@H]5O[C@@H]5C[C@]4(C)[C@H]3CC[C@]12C.CCO. The fourth-order valence-electron chi connectivity index (χ4n) is 39.0. The number of carbonyl (C=O) groups excluding carboxylic acids is 5. The van der Waals surface area contributed by atoms with Crippen molar-refractivity contribution >= 4 is 28.9 Å². The second kappa shape index (κ2) is 38.3. The van der Waals surface area contributed by atoms with Crippen LogP contribution in [0.1, 0.15) is 432 Å². The molecule has 1 aliphatic heterocycles. The zero-order chi connectivity index (χ0) is 83.4. The predicted octanol–water partition coefficient (Wildman–Crippen LogP) is 28.8. The normalized spacial score (nSPS) is 51.5. The number of allylic oxidation sites excluding steroid dienone is 3. The molecule has 18 saturated carbocycles. The molecule has 0 aromatic carbocycles. The van der Waals surface area contributed by atoms with Gasteiger partial charge in [0.1, 0.15) is 28.9 Å². The van der Waals surface area contributed by atoms with Crippen molar-refractivity contribution in [3.63, 3.8) is 0 Å². The highest BCUT2D eigenvalue weighted by Gasteiger charge is 2.68. The van der Waals surface area contributed by atoms with Gasteiger partial charge in [0.05, 0.1) is 24.4 Å². The Morgan fingerprint density at radius 2 is 0.659 bits per heavy atom. The van der Waals surface area contributed by atoms with Crippen LogP contribution in [0.15, 0.2) is 23.8 Å². The van der Waals surface area contributed by atoms with Crippen LogP contribution in [0.25, 0.3) is 0 Å². The summed E-state index contributed by atoms with van der Waals surface area (Å²) in [6.45, 7) is 38.7. The molecule has 21 aliphatic rings. The molecular formula is C114H196O9. The van der Waals surface area contributed by atoms with Gasteiger partial charge in [-0.1, -0.05) is 151 Å². The molecule has 9 heteroatoms. The van der Waals surface area contributed by atoms with Crippen LogP contribution in [0.3, 0.4) is 0 Å². The second-order valence-corrected chi connectivity index (χ2v) is 49.4. The van der Waals surface area contributed by atoms with Crippen LogP contribution in [0.4, 0.5) is 0 Å². The van der Waals surface area contributed by atoms with E-state index in [1.807, 2.05) is 34.6 Å². The van der Waals surface area contributed by atoms with Crippen LogP contribution >= 0.6 is 0 Å². The molecule has 123 heavy (non-hydrogen) atoms. The van der Waals surface area contributed by atoms with Crippen LogP contribution < -0.4 is 0 Å². The van der Waals surface area contributed by atoms with Crippen LogP contribution in [0, 0.1) is 202 Å². The number of hydrogen-bond acceptors (Lipinski definition) is 9. The number of fused-ring (bicyclic) bond motifs is 26. The van der Waals surface area contributed by atoms with Gasteiger partial charge < -0.3 is 20.1 Å². The number of aliphatic hydroxyl groups excluding tert-OH is 3. The molecular weight excluding hydrogens is 1510 g/mol. The molecule has 1 saturated heterocycles. The number of carbonyl (C=O) groups is 5. The summed E-state index contributed by atoms with van der Waals surface area (Å²) in [5.41, 5.74) is 5.50. The molecule has 0 radical (unpaired) electrons. The van der Waals surface area contributed by atoms with E-state index in [2.05, 4.69) is 94.4 Å². The first-order valence-electron chi connectivity index (χ1n) is 50.9. The molecule has 0 unspecified atom stereocenters. The lowest BCUT2D eigenvalue weighted by molar-refractivity contribution is -0.138. The van der Waals surface area contributed by atoms with E-state index in [1.165, 1.54) is 218 Å². The lowest BCUT2D eigenvalue weighted by Gasteiger charge is -2.61. The summed E-state index contributed by atoms with van der Waals surface area (Å²) >= 11 is 0. The summed E-state index contributed by atoms with van der Waals surface area (Å²) in [4.78, 5) is 60.8. The molecule has 1 heterocycles. The highest BCUT2D eigenvalue weighted by atomic mass is 16.6. The summed E-state index contributed by atoms with van der Waals surface area (Å²) in [5, 5.41) is 27.7. The number of ketones is 5. The highest BCUT2D eigenvalue weighted by Crippen LogP contribution is 2.75. The van der Waals surface area contributed by atoms with Crippen molar-refractivity contribution in [2.24, 2.45) is 202 Å². The van der Waals surface area contributed by atoms with Crippen molar-refractivity contribution in [2.75, 3.05) is 6.61 Å². The Morgan fingerprint density at radius 1 is 0.333 bits per heavy atom. The lowest BCUT2D eigenvalue weighted by Crippen LogP contribution is -2.54. The molecule has 0 bridgehead atoms. The van der Waals surface area contributed by atoms with Crippen molar-refractivity contribution < 1.29 is 44.0 Å². The van der Waals surface area contributed by atoms with Crippen molar-refractivity contribution in [1.29, 1.82) is 0 Å². The number of hydrogen-bond donors (Lipinski definition) is 3. The maximum absolute atomic E-state index is 12.2. The van der Waals surface area contributed by atoms with E-state index in [0.29, 0.717) is 114 Å². The quantitative estimate of drug-likeness (QED) is 0.180. The number of ether oxygens (including phenoxy) is 1. The third kappa shape index (κ3) is 17.2. The van der Waals surface area contributed by atoms with E-state index in [1.54, 1.807) is 12.5 Å². The van der Waals surface area contributed by atoms with Crippen molar-refractivity contribution in [3.05, 3.63) is 23.8 Å². The number of Topliss-reactive ketones (excluding diaryl/α,β-unsaturated/α-hetero) is 5. The average Bonchev–Trinajstić information content (AvgIpc) is 1.61. The van der Waals surface area contributed by atoms with Crippen LogP contribution in [0.2, 0.25) is 0 Å². The van der Waals surface area contributed by atoms with Gasteiger partial charge in [0.15, 0.2) is 0 Å². The van der Waals surface area contributed by atoms with Crippen molar-refractivity contribution in [1.82, 2.24) is 0 Å². The van der Waals surface area contributed by atoms with Gasteiger partial charge in [-0.3, -0.25) is 24.0 Å². The van der Waals surface area contributed by atoms with Gasteiger partial charge in [0, 0.05) is 36.2 Å². The Hall–Kier alpha value is -2.33. The largest absolute Gasteiger partial charge is 0.397 e. The first kappa shape index (κ1) is 103. The lowest BCUT2D eigenvalue weighted by atomic mass is 9.44. The second-order valence-electron chi connectivity index (χ2n) is 49.4. The maximum atomic E-state index is 12.2. The molecule has 706 valence electrons. The van der Waals surface area contributed by atoms with Gasteiger partial charge in [-0.15, -0.1) is 0 Å². The smallest absolute Gasteiger partial charge is 0.133 e. The molecule has 0 spiro atoms. The van der Waals surface area contributed by atoms with Gasteiger partial charge in [0.25, 0.3) is 0 Å². The molecule has 9 nitrogen and oxygen atoms in total. The van der Waals surface area contributed by atoms with Crippen LogP contribution in [-0.4, -0.2) is 75.3 Å².